The lowest BCUT2D eigenvalue weighted by Crippen LogP contribution is -2.15. The zero-order valence-corrected chi connectivity index (χ0v) is 16.8. The van der Waals surface area contributed by atoms with Gasteiger partial charge in [-0.15, -0.1) is 0 Å². The van der Waals surface area contributed by atoms with E-state index in [1.54, 1.807) is 24.3 Å². The van der Waals surface area contributed by atoms with Crippen molar-refractivity contribution in [1.29, 1.82) is 0 Å². The van der Waals surface area contributed by atoms with Gasteiger partial charge in [-0.25, -0.2) is 0 Å². The molecule has 0 aliphatic carbocycles. The van der Waals surface area contributed by atoms with Gasteiger partial charge in [0.25, 0.3) is 11.6 Å². The van der Waals surface area contributed by atoms with E-state index >= 15 is 0 Å². The van der Waals surface area contributed by atoms with Crippen LogP contribution in [0, 0.1) is 10.1 Å². The monoisotopic (exact) mass is 448 g/mol. The summed E-state index contributed by atoms with van der Waals surface area (Å²) in [6.07, 6.45) is -4.63. The number of nitro groups is 1. The minimum atomic E-state index is -4.63. The van der Waals surface area contributed by atoms with Gasteiger partial charge in [-0.2, -0.15) is 13.2 Å². The Bertz CT molecular complexity index is 1120. The fraction of sp³-hybridized carbons (Fsp3) is 0.0952. The third kappa shape index (κ3) is 5.34. The van der Waals surface area contributed by atoms with E-state index in [1.807, 2.05) is 0 Å². The number of carbonyl (C=O) groups excluding carboxylic acids is 1. The van der Waals surface area contributed by atoms with Crippen LogP contribution in [0.25, 0.3) is 0 Å². The standard InChI is InChI=1S/C21H15F3N2O4S/c1-30-18-5-3-2-4-17(18)25-20(27)16-12-13(21(22,23)24)6-11-19(16)31-15-9-7-14(8-10-15)26(28)29/h2-12H,1H3,(H,25,27). The molecule has 0 bridgehead atoms. The number of benzene rings is 3. The smallest absolute Gasteiger partial charge is 0.416 e. The lowest BCUT2D eigenvalue weighted by Gasteiger charge is -2.15. The molecule has 0 spiro atoms. The summed E-state index contributed by atoms with van der Waals surface area (Å²) in [7, 11) is 1.41. The first-order valence-electron chi connectivity index (χ1n) is 8.77. The number of nitrogens with one attached hydrogen (secondary N) is 1. The number of nitro benzene ring substituents is 1. The third-order valence-corrected chi connectivity index (χ3v) is 5.27. The molecule has 1 N–H and O–H groups in total. The molecule has 3 aromatic carbocycles. The van der Waals surface area contributed by atoms with Crippen molar-refractivity contribution in [3.05, 3.63) is 88.0 Å². The average Bonchev–Trinajstić information content (AvgIpc) is 2.74. The van der Waals surface area contributed by atoms with Gasteiger partial charge >= 0.3 is 6.18 Å². The van der Waals surface area contributed by atoms with E-state index in [1.165, 1.54) is 37.4 Å². The van der Waals surface area contributed by atoms with Gasteiger partial charge in [0.2, 0.25) is 0 Å². The average molecular weight is 448 g/mol. The molecule has 0 atom stereocenters. The Balaban J connectivity index is 1.97. The highest BCUT2D eigenvalue weighted by atomic mass is 32.2. The minimum absolute atomic E-state index is 0.120. The molecule has 0 aliphatic heterocycles. The summed E-state index contributed by atoms with van der Waals surface area (Å²) in [6, 6.07) is 14.8. The first-order valence-corrected chi connectivity index (χ1v) is 9.58. The van der Waals surface area contributed by atoms with Crippen LogP contribution in [0.3, 0.4) is 0 Å². The van der Waals surface area contributed by atoms with Crippen molar-refractivity contribution >= 4 is 29.0 Å². The molecule has 0 radical (unpaired) electrons. The van der Waals surface area contributed by atoms with Crippen LogP contribution in [0.4, 0.5) is 24.5 Å². The number of halogens is 3. The maximum atomic E-state index is 13.2. The van der Waals surface area contributed by atoms with Gasteiger partial charge in [-0.1, -0.05) is 23.9 Å². The Labute approximate surface area is 179 Å². The van der Waals surface area contributed by atoms with Crippen molar-refractivity contribution in [1.82, 2.24) is 0 Å². The van der Waals surface area contributed by atoms with Crippen LogP contribution in [-0.2, 0) is 6.18 Å². The van der Waals surface area contributed by atoms with Gasteiger partial charge in [0.1, 0.15) is 5.75 Å². The number of alkyl halides is 3. The third-order valence-electron chi connectivity index (χ3n) is 4.18. The number of amides is 1. The number of methoxy groups -OCH3 is 1. The van der Waals surface area contributed by atoms with Crippen LogP contribution in [0.5, 0.6) is 5.75 Å². The second-order valence-electron chi connectivity index (χ2n) is 6.22. The van der Waals surface area contributed by atoms with Crippen molar-refractivity contribution in [3.8, 4) is 5.75 Å². The largest absolute Gasteiger partial charge is 0.495 e. The molecule has 0 heterocycles. The summed E-state index contributed by atoms with van der Waals surface area (Å²) >= 11 is 1.02. The maximum absolute atomic E-state index is 13.2. The van der Waals surface area contributed by atoms with Crippen LogP contribution in [-0.4, -0.2) is 17.9 Å². The number of para-hydroxylation sites is 2. The van der Waals surface area contributed by atoms with E-state index in [0.717, 1.165) is 23.9 Å². The molecule has 0 aliphatic rings. The predicted molar refractivity (Wildman–Crippen MR) is 110 cm³/mol. The van der Waals surface area contributed by atoms with E-state index in [2.05, 4.69) is 5.32 Å². The van der Waals surface area contributed by atoms with Crippen LogP contribution in [0.15, 0.2) is 76.5 Å². The van der Waals surface area contributed by atoms with E-state index in [4.69, 9.17) is 4.74 Å². The molecule has 0 fully saturated rings. The summed E-state index contributed by atoms with van der Waals surface area (Å²) < 4.78 is 44.9. The molecule has 31 heavy (non-hydrogen) atoms. The summed E-state index contributed by atoms with van der Waals surface area (Å²) in [4.78, 5) is 23.9. The van der Waals surface area contributed by atoms with Crippen LogP contribution >= 0.6 is 11.8 Å². The van der Waals surface area contributed by atoms with Gasteiger partial charge in [0.15, 0.2) is 0 Å². The lowest BCUT2D eigenvalue weighted by molar-refractivity contribution is -0.384. The Morgan fingerprint density at radius 3 is 2.35 bits per heavy atom. The van der Waals surface area contributed by atoms with Crippen LogP contribution in [0.1, 0.15) is 15.9 Å². The second kappa shape index (κ2) is 9.09. The molecule has 10 heteroatoms. The number of nitrogens with zero attached hydrogens (tertiary/aromatic N) is 1. The SMILES string of the molecule is COc1ccccc1NC(=O)c1cc(C(F)(F)F)ccc1Sc1ccc([N+](=O)[O-])cc1. The molecule has 0 unspecified atom stereocenters. The summed E-state index contributed by atoms with van der Waals surface area (Å²) in [6.45, 7) is 0. The highest BCUT2D eigenvalue weighted by Gasteiger charge is 2.32. The van der Waals surface area contributed by atoms with Crippen molar-refractivity contribution in [2.75, 3.05) is 12.4 Å². The number of carbonyl (C=O) groups is 1. The number of ether oxygens (including phenoxy) is 1. The molecule has 0 saturated carbocycles. The Morgan fingerprint density at radius 1 is 1.06 bits per heavy atom. The molecule has 6 nitrogen and oxygen atoms in total. The highest BCUT2D eigenvalue weighted by Crippen LogP contribution is 2.37. The Kier molecular flexibility index (Phi) is 6.50. The zero-order chi connectivity index (χ0) is 22.6. The molecular weight excluding hydrogens is 433 g/mol. The lowest BCUT2D eigenvalue weighted by atomic mass is 10.1. The van der Waals surface area contributed by atoms with Crippen molar-refractivity contribution in [3.63, 3.8) is 0 Å². The highest BCUT2D eigenvalue weighted by molar-refractivity contribution is 7.99. The molecular formula is C21H15F3N2O4S. The van der Waals surface area contributed by atoms with Crippen LogP contribution < -0.4 is 10.1 Å². The van der Waals surface area contributed by atoms with Gasteiger partial charge in [0.05, 0.1) is 28.8 Å². The number of rotatable bonds is 6. The number of non-ortho nitro benzene ring substituents is 1. The molecule has 0 saturated heterocycles. The topological polar surface area (TPSA) is 81.5 Å². The van der Waals surface area contributed by atoms with E-state index in [9.17, 15) is 28.1 Å². The summed E-state index contributed by atoms with van der Waals surface area (Å²) in [5, 5.41) is 13.4. The van der Waals surface area contributed by atoms with Crippen LogP contribution in [0.2, 0.25) is 0 Å². The van der Waals surface area contributed by atoms with Crippen molar-refractivity contribution < 1.29 is 27.6 Å². The van der Waals surface area contributed by atoms with Gasteiger partial charge < -0.3 is 10.1 Å². The fourth-order valence-corrected chi connectivity index (χ4v) is 3.60. The number of hydrogen-bond acceptors (Lipinski definition) is 5. The summed E-state index contributed by atoms with van der Waals surface area (Å²) in [5.74, 6) is -0.396. The molecule has 160 valence electrons. The Morgan fingerprint density at radius 2 is 1.74 bits per heavy atom. The van der Waals surface area contributed by atoms with E-state index in [-0.39, 0.29) is 16.1 Å². The number of hydrogen-bond donors (Lipinski definition) is 1. The molecule has 3 rings (SSSR count). The second-order valence-corrected chi connectivity index (χ2v) is 7.33. The fourth-order valence-electron chi connectivity index (χ4n) is 2.67. The van der Waals surface area contributed by atoms with Crippen molar-refractivity contribution in [2.24, 2.45) is 0 Å². The van der Waals surface area contributed by atoms with E-state index in [0.29, 0.717) is 16.3 Å². The maximum Gasteiger partial charge on any atom is 0.416 e. The zero-order valence-electron chi connectivity index (χ0n) is 16.0. The normalized spacial score (nSPS) is 11.1. The Hall–Kier alpha value is -3.53. The van der Waals surface area contributed by atoms with Gasteiger partial charge in [0, 0.05) is 21.9 Å². The van der Waals surface area contributed by atoms with Crippen molar-refractivity contribution in [2.45, 2.75) is 16.0 Å². The minimum Gasteiger partial charge on any atom is -0.495 e. The first kappa shape index (κ1) is 22.2. The number of anilines is 1. The van der Waals surface area contributed by atoms with Gasteiger partial charge in [-0.05, 0) is 42.5 Å². The molecule has 0 aromatic heterocycles. The molecule has 3 aromatic rings. The first-order chi connectivity index (χ1) is 14.7. The van der Waals surface area contributed by atoms with E-state index < -0.39 is 22.6 Å². The van der Waals surface area contributed by atoms with Gasteiger partial charge in [-0.3, -0.25) is 14.9 Å². The molecule has 1 amide bonds. The quantitative estimate of drug-likeness (QED) is 0.368. The predicted octanol–water partition coefficient (Wildman–Crippen LogP) is 6.03. The summed E-state index contributed by atoms with van der Waals surface area (Å²) in [5.41, 5.74) is -0.973.